The van der Waals surface area contributed by atoms with Crippen LogP contribution in [0.2, 0.25) is 0 Å². The number of benzene rings is 1. The van der Waals surface area contributed by atoms with Crippen molar-refractivity contribution in [1.82, 2.24) is 20.9 Å². The van der Waals surface area contributed by atoms with Crippen LogP contribution in [0.4, 0.5) is 10.5 Å². The number of nitrogens with zero attached hydrogens (tertiary/aromatic N) is 1. The van der Waals surface area contributed by atoms with Crippen molar-refractivity contribution in [1.29, 1.82) is 0 Å². The van der Waals surface area contributed by atoms with E-state index in [0.29, 0.717) is 42.5 Å². The lowest BCUT2D eigenvalue weighted by molar-refractivity contribution is -0.137. The van der Waals surface area contributed by atoms with Gasteiger partial charge in [-0.05, 0) is 62.6 Å². The second kappa shape index (κ2) is 21.8. The van der Waals surface area contributed by atoms with E-state index in [0.717, 1.165) is 4.90 Å². The Bertz CT molecular complexity index is 1460. The summed E-state index contributed by atoms with van der Waals surface area (Å²) < 4.78 is 17.6. The number of carbonyl (C=O) groups excluding carboxylic acids is 6. The number of carbonyl (C=O) groups is 6. The summed E-state index contributed by atoms with van der Waals surface area (Å²) in [6, 6.07) is 3.67. The molecule has 7 amide bonds. The Morgan fingerprint density at radius 2 is 1.65 bits per heavy atom. The van der Waals surface area contributed by atoms with Gasteiger partial charge in [-0.2, -0.15) is 0 Å². The molecule has 1 heterocycles. The summed E-state index contributed by atoms with van der Waals surface area (Å²) in [7, 11) is -3.87. The molecule has 8 N–H and O–H groups in total. The molecule has 0 aromatic heterocycles. The molecule has 0 saturated carbocycles. The van der Waals surface area contributed by atoms with Gasteiger partial charge < -0.3 is 41.5 Å². The van der Waals surface area contributed by atoms with Crippen LogP contribution in [0, 0.1) is 5.92 Å². The maximum Gasteiger partial charge on any atom is 0.328 e. The molecule has 1 unspecified atom stereocenters. The standard InChI is InChI=1S/C34H51N6O10P/c1-23(2)31(39-28(42)11-5-4-6-19-40-29(43)16-17-30(40)44)33(46)38-27(10-7-18-36-34(35)47)32(45)37-26-14-12-25(13-15-26)22-50-51(48,49)20-8-9-24(3)21-41/h9,12-17,23,27,31,41H,4-8,10-11,18-22H2,1-3H3,(H,37,45)(H,38,46)(H,39,42)(H,48,49)(H3,35,36,47)/b24-9+/t27-,31-/m0/s1. The third kappa shape index (κ3) is 16.5. The Hall–Kier alpha value is -4.37. The Balaban J connectivity index is 1.95. The molecule has 3 atom stereocenters. The Morgan fingerprint density at radius 3 is 2.25 bits per heavy atom. The summed E-state index contributed by atoms with van der Waals surface area (Å²) in [5.74, 6) is -2.50. The molecule has 0 saturated heterocycles. The van der Waals surface area contributed by atoms with Crippen LogP contribution in [0.25, 0.3) is 0 Å². The van der Waals surface area contributed by atoms with Gasteiger partial charge in [0.25, 0.3) is 11.8 Å². The number of unbranched alkanes of at least 4 members (excludes halogenated alkanes) is 2. The van der Waals surface area contributed by atoms with Gasteiger partial charge in [-0.25, -0.2) is 4.79 Å². The summed E-state index contributed by atoms with van der Waals surface area (Å²) in [6.07, 6.45) is 6.45. The number of amides is 7. The SMILES string of the molecule is C/C(=C\CCP(=O)(O)OCc1ccc(NC(=O)[C@H](CCCNC(N)=O)NC(=O)[C@@H](NC(=O)CCCCCN2C(=O)C=CC2=O)C(C)C)cc1)CO. The predicted molar refractivity (Wildman–Crippen MR) is 190 cm³/mol. The fourth-order valence-corrected chi connectivity index (χ4v) is 5.84. The molecule has 1 aromatic carbocycles. The lowest BCUT2D eigenvalue weighted by Crippen LogP contribution is -2.54. The Morgan fingerprint density at radius 1 is 0.980 bits per heavy atom. The lowest BCUT2D eigenvalue weighted by Gasteiger charge is -2.25. The quantitative estimate of drug-likeness (QED) is 0.0374. The fraction of sp³-hybridized carbons (Fsp3) is 0.529. The number of rotatable bonds is 23. The number of urea groups is 1. The summed E-state index contributed by atoms with van der Waals surface area (Å²) in [5.41, 5.74) is 6.79. The van der Waals surface area contributed by atoms with Crippen LogP contribution < -0.4 is 27.0 Å². The van der Waals surface area contributed by atoms with Gasteiger partial charge in [-0.3, -0.25) is 33.4 Å². The van der Waals surface area contributed by atoms with Gasteiger partial charge in [-0.15, -0.1) is 0 Å². The average Bonchev–Trinajstić information content (AvgIpc) is 3.39. The van der Waals surface area contributed by atoms with Gasteiger partial charge in [0.2, 0.25) is 17.7 Å². The van der Waals surface area contributed by atoms with Crippen LogP contribution >= 0.6 is 7.60 Å². The summed E-state index contributed by atoms with van der Waals surface area (Å²) in [6.45, 7) is 5.37. The van der Waals surface area contributed by atoms with E-state index in [2.05, 4.69) is 21.3 Å². The average molecular weight is 735 g/mol. The van der Waals surface area contributed by atoms with Gasteiger partial charge in [0.1, 0.15) is 12.1 Å². The van der Waals surface area contributed by atoms with E-state index >= 15 is 0 Å². The second-order valence-electron chi connectivity index (χ2n) is 12.6. The van der Waals surface area contributed by atoms with Gasteiger partial charge in [-0.1, -0.05) is 44.1 Å². The molecule has 2 rings (SSSR count). The molecule has 0 spiro atoms. The van der Waals surface area contributed by atoms with E-state index in [1.165, 1.54) is 12.2 Å². The highest BCUT2D eigenvalue weighted by Gasteiger charge is 2.29. The van der Waals surface area contributed by atoms with Gasteiger partial charge in [0.15, 0.2) is 0 Å². The van der Waals surface area contributed by atoms with Gasteiger partial charge in [0.05, 0.1) is 19.4 Å². The van der Waals surface area contributed by atoms with Crippen LogP contribution in [-0.4, -0.2) is 88.4 Å². The smallest absolute Gasteiger partial charge is 0.328 e. The number of anilines is 1. The molecular formula is C34H51N6O10P. The third-order valence-electron chi connectivity index (χ3n) is 7.86. The van der Waals surface area contributed by atoms with Crippen LogP contribution in [0.15, 0.2) is 48.1 Å². The highest BCUT2D eigenvalue weighted by molar-refractivity contribution is 7.52. The maximum atomic E-state index is 13.4. The van der Waals surface area contributed by atoms with E-state index in [-0.39, 0.29) is 75.4 Å². The molecule has 16 nitrogen and oxygen atoms in total. The van der Waals surface area contributed by atoms with E-state index in [1.54, 1.807) is 51.1 Å². The molecule has 0 fully saturated rings. The largest absolute Gasteiger partial charge is 0.392 e. The van der Waals surface area contributed by atoms with E-state index in [4.69, 9.17) is 15.4 Å². The number of imide groups is 1. The zero-order valence-corrected chi connectivity index (χ0v) is 30.3. The molecule has 1 aliphatic rings. The second-order valence-corrected chi connectivity index (χ2v) is 14.6. The Kier molecular flexibility index (Phi) is 18.3. The van der Waals surface area contributed by atoms with Crippen molar-refractivity contribution in [3.05, 3.63) is 53.6 Å². The minimum absolute atomic E-state index is 0.104. The topological polar surface area (TPSA) is 247 Å². The number of hydrogen-bond acceptors (Lipinski definition) is 9. The van der Waals surface area contributed by atoms with Crippen molar-refractivity contribution in [2.24, 2.45) is 11.7 Å². The Labute approximate surface area is 298 Å². The van der Waals surface area contributed by atoms with Crippen molar-refractivity contribution < 1.29 is 47.9 Å². The lowest BCUT2D eigenvalue weighted by atomic mass is 10.0. The summed E-state index contributed by atoms with van der Waals surface area (Å²) in [5, 5.41) is 19.7. The first-order valence-corrected chi connectivity index (χ1v) is 18.7. The van der Waals surface area contributed by atoms with Gasteiger partial charge in [0, 0.05) is 37.3 Å². The molecular weight excluding hydrogens is 683 g/mol. The zero-order chi connectivity index (χ0) is 38.0. The molecule has 0 bridgehead atoms. The zero-order valence-electron chi connectivity index (χ0n) is 29.4. The summed E-state index contributed by atoms with van der Waals surface area (Å²) >= 11 is 0. The number of hydrogen-bond donors (Lipinski definition) is 7. The van der Waals surface area contributed by atoms with E-state index in [9.17, 15) is 38.2 Å². The van der Waals surface area contributed by atoms with Crippen LogP contribution in [0.5, 0.6) is 0 Å². The third-order valence-corrected chi connectivity index (χ3v) is 9.22. The fourth-order valence-electron chi connectivity index (χ4n) is 4.90. The van der Waals surface area contributed by atoms with Crippen molar-refractivity contribution in [3.63, 3.8) is 0 Å². The van der Waals surface area contributed by atoms with E-state index < -0.39 is 37.5 Å². The first-order valence-electron chi connectivity index (χ1n) is 16.9. The number of primary amides is 1. The van der Waals surface area contributed by atoms with Crippen molar-refractivity contribution in [2.75, 3.05) is 31.2 Å². The number of allylic oxidation sites excluding steroid dienone is 1. The van der Waals surface area contributed by atoms with Crippen LogP contribution in [0.3, 0.4) is 0 Å². The van der Waals surface area contributed by atoms with Crippen molar-refractivity contribution >= 4 is 48.9 Å². The monoisotopic (exact) mass is 734 g/mol. The molecule has 282 valence electrons. The van der Waals surface area contributed by atoms with E-state index in [1.807, 2.05) is 0 Å². The molecule has 1 aliphatic heterocycles. The van der Waals surface area contributed by atoms with Crippen molar-refractivity contribution in [2.45, 2.75) is 84.4 Å². The van der Waals surface area contributed by atoms with Crippen LogP contribution in [0.1, 0.15) is 71.3 Å². The molecule has 0 aliphatic carbocycles. The highest BCUT2D eigenvalue weighted by atomic mass is 31.2. The molecule has 17 heteroatoms. The minimum atomic E-state index is -3.87. The minimum Gasteiger partial charge on any atom is -0.392 e. The first kappa shape index (κ1) is 42.8. The number of aliphatic hydroxyl groups excluding tert-OH is 1. The highest BCUT2D eigenvalue weighted by Crippen LogP contribution is 2.43. The molecule has 51 heavy (non-hydrogen) atoms. The normalized spacial score (nSPS) is 15.3. The predicted octanol–water partition coefficient (Wildman–Crippen LogP) is 2.22. The first-order chi connectivity index (χ1) is 24.1. The van der Waals surface area contributed by atoms with Crippen LogP contribution in [-0.2, 0) is 39.7 Å². The van der Waals surface area contributed by atoms with Crippen molar-refractivity contribution in [3.8, 4) is 0 Å². The maximum absolute atomic E-state index is 13.4. The number of nitrogens with one attached hydrogen (secondary N) is 4. The molecule has 1 aromatic rings. The number of nitrogens with two attached hydrogens (primary N) is 1. The molecule has 0 radical (unpaired) electrons. The van der Waals surface area contributed by atoms with Gasteiger partial charge >= 0.3 is 13.6 Å². The summed E-state index contributed by atoms with van der Waals surface area (Å²) in [4.78, 5) is 85.1. The number of aliphatic hydroxyl groups is 1.